The van der Waals surface area contributed by atoms with Crippen LogP contribution in [0.3, 0.4) is 0 Å². The predicted octanol–water partition coefficient (Wildman–Crippen LogP) is 3.31. The van der Waals surface area contributed by atoms with Gasteiger partial charge in [-0.1, -0.05) is 26.8 Å². The standard InChI is InChI=1S/C17H28N2O2Si/c1-17(2,3)11-16(21-22(4)5)19-14-8-6-7-13(18)12(14)9-10-15(19)20/h6-8,16,22H,9-11,18H2,1-5H3. The highest BCUT2D eigenvalue weighted by molar-refractivity contribution is 6.48. The Morgan fingerprint density at radius 2 is 2.00 bits per heavy atom. The van der Waals surface area contributed by atoms with E-state index in [0.29, 0.717) is 6.42 Å². The summed E-state index contributed by atoms with van der Waals surface area (Å²) in [4.78, 5) is 14.5. The highest BCUT2D eigenvalue weighted by atomic mass is 28.3. The zero-order valence-electron chi connectivity index (χ0n) is 14.3. The van der Waals surface area contributed by atoms with Crippen LogP contribution in [0.2, 0.25) is 13.1 Å². The first-order valence-electron chi connectivity index (χ1n) is 8.04. The summed E-state index contributed by atoms with van der Waals surface area (Å²) in [5.41, 5.74) is 8.98. The fourth-order valence-corrected chi connectivity index (χ4v) is 3.78. The third kappa shape index (κ3) is 3.90. The van der Waals surface area contributed by atoms with Crippen molar-refractivity contribution in [2.45, 2.75) is 59.4 Å². The third-order valence-corrected chi connectivity index (χ3v) is 4.67. The Hall–Kier alpha value is -1.33. The third-order valence-electron chi connectivity index (χ3n) is 3.81. The average Bonchev–Trinajstić information content (AvgIpc) is 2.35. The summed E-state index contributed by atoms with van der Waals surface area (Å²) in [6.45, 7) is 10.8. The molecule has 22 heavy (non-hydrogen) atoms. The maximum atomic E-state index is 12.6. The van der Waals surface area contributed by atoms with E-state index in [0.717, 1.165) is 29.8 Å². The van der Waals surface area contributed by atoms with Crippen molar-refractivity contribution in [3.05, 3.63) is 23.8 Å². The minimum absolute atomic E-state index is 0.0895. The van der Waals surface area contributed by atoms with Gasteiger partial charge in [0.2, 0.25) is 5.91 Å². The van der Waals surface area contributed by atoms with Gasteiger partial charge in [-0.2, -0.15) is 0 Å². The molecule has 1 unspecified atom stereocenters. The number of nitrogens with zero attached hydrogens (tertiary/aromatic N) is 1. The van der Waals surface area contributed by atoms with Gasteiger partial charge in [0.15, 0.2) is 9.04 Å². The molecule has 0 saturated carbocycles. The first-order chi connectivity index (χ1) is 10.2. The Kier molecular flexibility index (Phi) is 4.97. The van der Waals surface area contributed by atoms with Crippen LogP contribution in [-0.2, 0) is 15.6 Å². The fraction of sp³-hybridized carbons (Fsp3) is 0.588. The minimum Gasteiger partial charge on any atom is -0.400 e. The molecule has 122 valence electrons. The number of carbonyl (C=O) groups excluding carboxylic acids is 1. The molecule has 1 aromatic carbocycles. The number of rotatable bonds is 4. The van der Waals surface area contributed by atoms with Gasteiger partial charge in [-0.3, -0.25) is 9.69 Å². The second-order valence-electron chi connectivity index (χ2n) is 7.51. The number of fused-ring (bicyclic) bond motifs is 1. The van der Waals surface area contributed by atoms with Gasteiger partial charge in [0.25, 0.3) is 0 Å². The fourth-order valence-electron chi connectivity index (χ4n) is 2.93. The molecule has 1 aromatic rings. The van der Waals surface area contributed by atoms with Crippen molar-refractivity contribution in [2.75, 3.05) is 10.6 Å². The zero-order valence-corrected chi connectivity index (χ0v) is 15.5. The monoisotopic (exact) mass is 320 g/mol. The van der Waals surface area contributed by atoms with Gasteiger partial charge < -0.3 is 10.2 Å². The van der Waals surface area contributed by atoms with E-state index in [1.165, 1.54) is 0 Å². The molecular formula is C17H28N2O2Si. The maximum absolute atomic E-state index is 12.6. The Morgan fingerprint density at radius 3 is 2.59 bits per heavy atom. The number of nitrogens with two attached hydrogens (primary N) is 1. The summed E-state index contributed by atoms with van der Waals surface area (Å²) in [6.07, 6.45) is 1.85. The molecule has 0 aliphatic carbocycles. The van der Waals surface area contributed by atoms with Crippen molar-refractivity contribution in [1.29, 1.82) is 0 Å². The van der Waals surface area contributed by atoms with E-state index in [1.807, 2.05) is 23.1 Å². The molecule has 0 fully saturated rings. The second-order valence-corrected chi connectivity index (χ2v) is 9.88. The van der Waals surface area contributed by atoms with Gasteiger partial charge in [-0.05, 0) is 49.0 Å². The molecule has 1 aliphatic rings. The molecule has 5 heteroatoms. The van der Waals surface area contributed by atoms with Crippen LogP contribution in [0.25, 0.3) is 0 Å². The van der Waals surface area contributed by atoms with E-state index >= 15 is 0 Å². The normalized spacial score (nSPS) is 16.8. The second kappa shape index (κ2) is 6.42. The smallest absolute Gasteiger partial charge is 0.229 e. The SMILES string of the molecule is C[SiH](C)OC(CC(C)(C)C)N1C(=O)CCc2c(N)cccc21. The summed E-state index contributed by atoms with van der Waals surface area (Å²) >= 11 is 0. The lowest BCUT2D eigenvalue weighted by Crippen LogP contribution is -2.48. The van der Waals surface area contributed by atoms with Crippen molar-refractivity contribution >= 4 is 26.3 Å². The van der Waals surface area contributed by atoms with Gasteiger partial charge in [0.1, 0.15) is 6.23 Å². The summed E-state index contributed by atoms with van der Waals surface area (Å²) < 4.78 is 6.24. The van der Waals surface area contributed by atoms with Crippen molar-refractivity contribution in [1.82, 2.24) is 0 Å². The number of carbonyl (C=O) groups is 1. The van der Waals surface area contributed by atoms with E-state index in [2.05, 4.69) is 33.9 Å². The van der Waals surface area contributed by atoms with Crippen LogP contribution in [0.4, 0.5) is 11.4 Å². The predicted molar refractivity (Wildman–Crippen MR) is 94.5 cm³/mol. The van der Waals surface area contributed by atoms with Crippen LogP contribution in [0.1, 0.15) is 39.2 Å². The van der Waals surface area contributed by atoms with Crippen molar-refractivity contribution < 1.29 is 9.22 Å². The van der Waals surface area contributed by atoms with Crippen molar-refractivity contribution in [2.24, 2.45) is 5.41 Å². The molecule has 0 bridgehead atoms. The molecule has 4 nitrogen and oxygen atoms in total. The zero-order chi connectivity index (χ0) is 16.5. The molecule has 1 heterocycles. The molecular weight excluding hydrogens is 292 g/mol. The van der Waals surface area contributed by atoms with Gasteiger partial charge in [-0.15, -0.1) is 0 Å². The van der Waals surface area contributed by atoms with E-state index in [-0.39, 0.29) is 17.6 Å². The molecule has 0 saturated heterocycles. The Balaban J connectivity index is 2.42. The van der Waals surface area contributed by atoms with Gasteiger partial charge in [0, 0.05) is 12.1 Å². The van der Waals surface area contributed by atoms with E-state index < -0.39 is 9.04 Å². The summed E-state index contributed by atoms with van der Waals surface area (Å²) in [7, 11) is -1.27. The number of benzene rings is 1. The van der Waals surface area contributed by atoms with Crippen molar-refractivity contribution in [3.8, 4) is 0 Å². The van der Waals surface area contributed by atoms with Gasteiger partial charge in [0.05, 0.1) is 5.69 Å². The van der Waals surface area contributed by atoms with E-state index in [9.17, 15) is 4.79 Å². The lowest BCUT2D eigenvalue weighted by Gasteiger charge is -2.40. The van der Waals surface area contributed by atoms with E-state index in [4.69, 9.17) is 10.2 Å². The lowest BCUT2D eigenvalue weighted by molar-refractivity contribution is -0.120. The molecule has 0 aromatic heterocycles. The Labute approximate surface area is 135 Å². The minimum atomic E-state index is -1.27. The van der Waals surface area contributed by atoms with Gasteiger partial charge >= 0.3 is 0 Å². The highest BCUT2D eigenvalue weighted by Gasteiger charge is 2.34. The number of hydrogen-bond donors (Lipinski definition) is 1. The number of anilines is 2. The molecule has 1 amide bonds. The number of hydrogen-bond acceptors (Lipinski definition) is 3. The largest absolute Gasteiger partial charge is 0.400 e. The molecule has 2 N–H and O–H groups in total. The number of nitrogen functional groups attached to an aromatic ring is 1. The van der Waals surface area contributed by atoms with Crippen LogP contribution in [0, 0.1) is 5.41 Å². The van der Waals surface area contributed by atoms with Gasteiger partial charge in [-0.25, -0.2) is 0 Å². The van der Waals surface area contributed by atoms with Crippen LogP contribution in [0.5, 0.6) is 0 Å². The molecule has 1 aliphatic heterocycles. The average molecular weight is 321 g/mol. The topological polar surface area (TPSA) is 55.6 Å². The highest BCUT2D eigenvalue weighted by Crippen LogP contribution is 2.36. The molecule has 0 radical (unpaired) electrons. The summed E-state index contributed by atoms with van der Waals surface area (Å²) in [6, 6.07) is 5.81. The first kappa shape index (κ1) is 17.0. The van der Waals surface area contributed by atoms with Crippen LogP contribution in [0.15, 0.2) is 18.2 Å². The first-order valence-corrected chi connectivity index (χ1v) is 10.8. The van der Waals surface area contributed by atoms with Crippen LogP contribution >= 0.6 is 0 Å². The number of amides is 1. The quantitative estimate of drug-likeness (QED) is 0.684. The molecule has 1 atom stereocenters. The maximum Gasteiger partial charge on any atom is 0.229 e. The van der Waals surface area contributed by atoms with Crippen LogP contribution in [-0.4, -0.2) is 21.2 Å². The lowest BCUT2D eigenvalue weighted by atomic mass is 9.90. The Morgan fingerprint density at radius 1 is 1.32 bits per heavy atom. The van der Waals surface area contributed by atoms with Crippen molar-refractivity contribution in [3.63, 3.8) is 0 Å². The van der Waals surface area contributed by atoms with E-state index in [1.54, 1.807) is 0 Å². The molecule has 2 rings (SSSR count). The molecule has 0 spiro atoms. The summed E-state index contributed by atoms with van der Waals surface area (Å²) in [5, 5.41) is 0. The summed E-state index contributed by atoms with van der Waals surface area (Å²) in [5.74, 6) is 0.141. The Bertz CT molecular complexity index is 552. The van der Waals surface area contributed by atoms with Crippen LogP contribution < -0.4 is 10.6 Å².